The van der Waals surface area contributed by atoms with Crippen molar-refractivity contribution in [2.75, 3.05) is 0 Å². The van der Waals surface area contributed by atoms with Crippen molar-refractivity contribution in [2.24, 2.45) is 0 Å². The molecule has 1 N–H and O–H groups in total. The summed E-state index contributed by atoms with van der Waals surface area (Å²) in [5, 5.41) is 10.2. The number of carbonyl (C=O) groups is 1. The second kappa shape index (κ2) is 5.37. The molecule has 2 rings (SSSR count). The minimum atomic E-state index is -0.946. The topological polar surface area (TPSA) is 37.3 Å². The molecule has 0 saturated heterocycles. The van der Waals surface area contributed by atoms with Crippen LogP contribution in [0.15, 0.2) is 24.3 Å². The van der Waals surface area contributed by atoms with E-state index in [1.165, 1.54) is 0 Å². The Kier molecular flexibility index (Phi) is 3.84. The molecular formula is C16H18O2. The van der Waals surface area contributed by atoms with Crippen molar-refractivity contribution < 1.29 is 9.90 Å². The maximum Gasteiger partial charge on any atom is 0.235 e. The van der Waals surface area contributed by atoms with Gasteiger partial charge in [0.2, 0.25) is 5.78 Å². The van der Waals surface area contributed by atoms with Crippen LogP contribution in [0.25, 0.3) is 0 Å². The molecule has 0 aliphatic heterocycles. The zero-order valence-electron chi connectivity index (χ0n) is 10.7. The summed E-state index contributed by atoms with van der Waals surface area (Å²) < 4.78 is 0. The highest BCUT2D eigenvalue weighted by Crippen LogP contribution is 2.27. The SMILES string of the molecule is Cc1ccc(C(=O)C#CC2(O)CCCCC2)cc1. The highest BCUT2D eigenvalue weighted by atomic mass is 16.3. The van der Waals surface area contributed by atoms with Crippen LogP contribution in [0.3, 0.4) is 0 Å². The first-order valence-corrected chi connectivity index (χ1v) is 6.46. The molecule has 1 fully saturated rings. The summed E-state index contributed by atoms with van der Waals surface area (Å²) in [7, 11) is 0. The third-order valence-corrected chi connectivity index (χ3v) is 3.40. The molecule has 1 aliphatic carbocycles. The fourth-order valence-electron chi connectivity index (χ4n) is 2.21. The number of hydrogen-bond donors (Lipinski definition) is 1. The monoisotopic (exact) mass is 242 g/mol. The van der Waals surface area contributed by atoms with Gasteiger partial charge >= 0.3 is 0 Å². The highest BCUT2D eigenvalue weighted by molar-refractivity contribution is 6.09. The first-order valence-electron chi connectivity index (χ1n) is 6.46. The Morgan fingerprint density at radius 2 is 1.78 bits per heavy atom. The maximum atomic E-state index is 11.9. The van der Waals surface area contributed by atoms with E-state index >= 15 is 0 Å². The molecule has 0 radical (unpaired) electrons. The predicted octanol–water partition coefficient (Wildman–Crippen LogP) is 2.88. The average Bonchev–Trinajstić information content (AvgIpc) is 2.38. The van der Waals surface area contributed by atoms with E-state index in [0.29, 0.717) is 18.4 Å². The first-order chi connectivity index (χ1) is 8.59. The van der Waals surface area contributed by atoms with Gasteiger partial charge in [-0.15, -0.1) is 0 Å². The minimum Gasteiger partial charge on any atom is -0.378 e. The van der Waals surface area contributed by atoms with Crippen LogP contribution in [0.1, 0.15) is 48.0 Å². The van der Waals surface area contributed by atoms with E-state index < -0.39 is 5.60 Å². The van der Waals surface area contributed by atoms with Crippen LogP contribution in [0.2, 0.25) is 0 Å². The minimum absolute atomic E-state index is 0.214. The molecule has 0 amide bonds. The molecule has 1 aromatic rings. The summed E-state index contributed by atoms with van der Waals surface area (Å²) in [5.74, 6) is 5.14. The fourth-order valence-corrected chi connectivity index (χ4v) is 2.21. The van der Waals surface area contributed by atoms with Crippen molar-refractivity contribution in [3.8, 4) is 11.8 Å². The molecule has 0 spiro atoms. The number of Topliss-reactive ketones (excluding diaryl/α,β-unsaturated/α-hetero) is 1. The Labute approximate surface area is 108 Å². The fraction of sp³-hybridized carbons (Fsp3) is 0.438. The Bertz CT molecular complexity index is 482. The van der Waals surface area contributed by atoms with Gasteiger partial charge < -0.3 is 5.11 Å². The van der Waals surface area contributed by atoms with Crippen molar-refractivity contribution in [3.63, 3.8) is 0 Å². The summed E-state index contributed by atoms with van der Waals surface area (Å²) in [5.41, 5.74) is 0.761. The Hall–Kier alpha value is -1.59. The van der Waals surface area contributed by atoms with Crippen LogP contribution in [0, 0.1) is 18.8 Å². The summed E-state index contributed by atoms with van der Waals surface area (Å²) in [6, 6.07) is 7.34. The van der Waals surface area contributed by atoms with Crippen LogP contribution < -0.4 is 0 Å². The van der Waals surface area contributed by atoms with Gasteiger partial charge in [0.15, 0.2) is 0 Å². The molecule has 2 heteroatoms. The normalized spacial score (nSPS) is 17.7. The van der Waals surface area contributed by atoms with E-state index in [9.17, 15) is 9.90 Å². The van der Waals surface area contributed by atoms with Crippen molar-refractivity contribution in [3.05, 3.63) is 35.4 Å². The van der Waals surface area contributed by atoms with Gasteiger partial charge in [-0.3, -0.25) is 4.79 Å². The van der Waals surface area contributed by atoms with Crippen LogP contribution in [0.4, 0.5) is 0 Å². The third-order valence-electron chi connectivity index (χ3n) is 3.40. The van der Waals surface area contributed by atoms with E-state index in [4.69, 9.17) is 0 Å². The number of hydrogen-bond acceptors (Lipinski definition) is 2. The Morgan fingerprint density at radius 3 is 2.39 bits per heavy atom. The molecule has 0 atom stereocenters. The number of ketones is 1. The molecule has 18 heavy (non-hydrogen) atoms. The molecule has 0 unspecified atom stereocenters. The van der Waals surface area contributed by atoms with E-state index in [-0.39, 0.29) is 5.78 Å². The second-order valence-corrected chi connectivity index (χ2v) is 5.04. The summed E-state index contributed by atoms with van der Waals surface area (Å²) >= 11 is 0. The predicted molar refractivity (Wildman–Crippen MR) is 71.3 cm³/mol. The highest BCUT2D eigenvalue weighted by Gasteiger charge is 2.26. The largest absolute Gasteiger partial charge is 0.378 e. The zero-order valence-corrected chi connectivity index (χ0v) is 10.7. The summed E-state index contributed by atoms with van der Waals surface area (Å²) in [4.78, 5) is 11.9. The van der Waals surface area contributed by atoms with Gasteiger partial charge in [0, 0.05) is 5.56 Å². The van der Waals surface area contributed by atoms with Crippen molar-refractivity contribution in [1.82, 2.24) is 0 Å². The molecule has 0 aromatic heterocycles. The molecule has 1 saturated carbocycles. The lowest BCUT2D eigenvalue weighted by atomic mass is 9.85. The standard InChI is InChI=1S/C16H18O2/c1-13-5-7-14(8-6-13)15(17)9-12-16(18)10-3-2-4-11-16/h5-8,18H,2-4,10-11H2,1H3. The van der Waals surface area contributed by atoms with Gasteiger partial charge in [-0.1, -0.05) is 42.2 Å². The lowest BCUT2D eigenvalue weighted by molar-refractivity contribution is 0.0607. The van der Waals surface area contributed by atoms with Gasteiger partial charge in [-0.25, -0.2) is 0 Å². The lowest BCUT2D eigenvalue weighted by Gasteiger charge is -2.26. The number of benzene rings is 1. The Balaban J connectivity index is 2.09. The van der Waals surface area contributed by atoms with E-state index in [2.05, 4.69) is 11.8 Å². The molecule has 0 bridgehead atoms. The number of carbonyl (C=O) groups excluding carboxylic acids is 1. The quantitative estimate of drug-likeness (QED) is 0.467. The van der Waals surface area contributed by atoms with Gasteiger partial charge in [-0.2, -0.15) is 0 Å². The molecule has 94 valence electrons. The van der Waals surface area contributed by atoms with E-state index in [1.54, 1.807) is 12.1 Å². The van der Waals surface area contributed by atoms with Crippen LogP contribution in [0.5, 0.6) is 0 Å². The Morgan fingerprint density at radius 1 is 1.17 bits per heavy atom. The van der Waals surface area contributed by atoms with Crippen molar-refractivity contribution in [1.29, 1.82) is 0 Å². The number of aryl methyl sites for hydroxylation is 1. The van der Waals surface area contributed by atoms with Crippen molar-refractivity contribution >= 4 is 5.78 Å². The van der Waals surface area contributed by atoms with Gasteiger partial charge in [-0.05, 0) is 38.5 Å². The average molecular weight is 242 g/mol. The summed E-state index contributed by atoms with van der Waals surface area (Å²) in [6.07, 6.45) is 4.49. The number of rotatable bonds is 1. The maximum absolute atomic E-state index is 11.9. The smallest absolute Gasteiger partial charge is 0.235 e. The molecule has 1 aromatic carbocycles. The molecule has 2 nitrogen and oxygen atoms in total. The van der Waals surface area contributed by atoms with E-state index in [0.717, 1.165) is 24.8 Å². The van der Waals surface area contributed by atoms with Crippen LogP contribution in [-0.4, -0.2) is 16.5 Å². The molecule has 0 heterocycles. The first kappa shape index (κ1) is 12.9. The van der Waals surface area contributed by atoms with Gasteiger partial charge in [0.1, 0.15) is 5.60 Å². The molecular weight excluding hydrogens is 224 g/mol. The zero-order chi connectivity index (χ0) is 13.0. The lowest BCUT2D eigenvalue weighted by Crippen LogP contribution is -2.29. The second-order valence-electron chi connectivity index (χ2n) is 5.04. The van der Waals surface area contributed by atoms with Gasteiger partial charge in [0.05, 0.1) is 0 Å². The third kappa shape index (κ3) is 3.21. The van der Waals surface area contributed by atoms with Crippen LogP contribution in [-0.2, 0) is 0 Å². The van der Waals surface area contributed by atoms with Crippen molar-refractivity contribution in [2.45, 2.75) is 44.6 Å². The molecule has 1 aliphatic rings. The number of aliphatic hydroxyl groups is 1. The van der Waals surface area contributed by atoms with Gasteiger partial charge in [0.25, 0.3) is 0 Å². The summed E-state index contributed by atoms with van der Waals surface area (Å²) in [6.45, 7) is 1.98. The van der Waals surface area contributed by atoms with E-state index in [1.807, 2.05) is 19.1 Å². The van der Waals surface area contributed by atoms with Crippen LogP contribution >= 0.6 is 0 Å².